The molecule has 0 bridgehead atoms. The zero-order valence-electron chi connectivity index (χ0n) is 14.7. The zero-order chi connectivity index (χ0) is 17.9. The number of hydrogen-bond donors (Lipinski definition) is 0. The molecule has 0 aliphatic carbocycles. The highest BCUT2D eigenvalue weighted by Gasteiger charge is 2.27. The fourth-order valence-electron chi connectivity index (χ4n) is 3.37. The number of amides is 1. The molecule has 4 heterocycles. The molecule has 138 valence electrons. The van der Waals surface area contributed by atoms with Gasteiger partial charge in [-0.1, -0.05) is 0 Å². The van der Waals surface area contributed by atoms with Crippen molar-refractivity contribution >= 4 is 11.7 Å². The second-order valence-electron chi connectivity index (χ2n) is 6.25. The number of rotatable bonds is 3. The minimum absolute atomic E-state index is 0.186. The summed E-state index contributed by atoms with van der Waals surface area (Å²) in [5.74, 6) is 1.27. The van der Waals surface area contributed by atoms with Crippen molar-refractivity contribution in [3.63, 3.8) is 0 Å². The van der Waals surface area contributed by atoms with Crippen molar-refractivity contribution in [2.75, 3.05) is 51.4 Å². The van der Waals surface area contributed by atoms with E-state index >= 15 is 0 Å². The van der Waals surface area contributed by atoms with Crippen LogP contribution in [0.25, 0.3) is 0 Å². The quantitative estimate of drug-likeness (QED) is 0.784. The van der Waals surface area contributed by atoms with E-state index in [2.05, 4.69) is 20.0 Å². The molecule has 0 spiro atoms. The number of methoxy groups -OCH3 is 1. The molecular weight excluding hydrogens is 338 g/mol. The van der Waals surface area contributed by atoms with Crippen molar-refractivity contribution < 1.29 is 18.8 Å². The molecule has 2 aliphatic heterocycles. The molecule has 1 amide bonds. The summed E-state index contributed by atoms with van der Waals surface area (Å²) >= 11 is 0. The fraction of sp³-hybridized carbons (Fsp3) is 0.529. The van der Waals surface area contributed by atoms with Crippen LogP contribution in [0.3, 0.4) is 0 Å². The molecule has 9 heteroatoms. The van der Waals surface area contributed by atoms with Gasteiger partial charge in [0.05, 0.1) is 32.1 Å². The monoisotopic (exact) mass is 359 g/mol. The van der Waals surface area contributed by atoms with Gasteiger partial charge < -0.3 is 23.8 Å². The van der Waals surface area contributed by atoms with E-state index in [0.717, 1.165) is 30.2 Å². The van der Waals surface area contributed by atoms with Crippen LogP contribution in [0, 0.1) is 0 Å². The number of aromatic nitrogens is 3. The summed E-state index contributed by atoms with van der Waals surface area (Å²) in [4.78, 5) is 25.7. The summed E-state index contributed by atoms with van der Waals surface area (Å²) in [6.45, 7) is 4.22. The standard InChI is InChI=1S/C17H21N5O4/c1-24-15-10-14(26-20-15)17(23)22-4-2-12-13(3-5-22)18-11-19-16(12)21-6-8-25-9-7-21/h10-11H,2-9H2,1H3. The third-order valence-electron chi connectivity index (χ3n) is 4.77. The van der Waals surface area contributed by atoms with Crippen molar-refractivity contribution in [3.05, 3.63) is 29.4 Å². The van der Waals surface area contributed by atoms with E-state index in [4.69, 9.17) is 14.0 Å². The number of ether oxygens (including phenoxy) is 2. The third-order valence-corrected chi connectivity index (χ3v) is 4.77. The molecule has 0 radical (unpaired) electrons. The van der Waals surface area contributed by atoms with Crippen LogP contribution in [-0.4, -0.2) is 72.4 Å². The average molecular weight is 359 g/mol. The highest BCUT2D eigenvalue weighted by Crippen LogP contribution is 2.25. The molecule has 0 N–H and O–H groups in total. The Kier molecular flexibility index (Phi) is 4.70. The maximum Gasteiger partial charge on any atom is 0.292 e. The predicted octanol–water partition coefficient (Wildman–Crippen LogP) is 0.551. The average Bonchev–Trinajstić information content (AvgIpc) is 3.07. The molecule has 0 atom stereocenters. The lowest BCUT2D eigenvalue weighted by atomic mass is 10.1. The van der Waals surface area contributed by atoms with Gasteiger partial charge in [0.1, 0.15) is 12.1 Å². The van der Waals surface area contributed by atoms with Crippen molar-refractivity contribution in [1.29, 1.82) is 0 Å². The first kappa shape index (κ1) is 16.8. The van der Waals surface area contributed by atoms with Crippen LogP contribution in [0.2, 0.25) is 0 Å². The molecule has 2 aromatic rings. The number of nitrogens with zero attached hydrogens (tertiary/aromatic N) is 5. The van der Waals surface area contributed by atoms with Crippen LogP contribution < -0.4 is 9.64 Å². The van der Waals surface area contributed by atoms with Gasteiger partial charge in [-0.05, 0) is 11.6 Å². The number of carbonyl (C=O) groups excluding carboxylic acids is 1. The summed E-state index contributed by atoms with van der Waals surface area (Å²) in [7, 11) is 1.49. The Morgan fingerprint density at radius 1 is 1.15 bits per heavy atom. The Bertz CT molecular complexity index is 787. The van der Waals surface area contributed by atoms with Gasteiger partial charge in [-0.25, -0.2) is 9.97 Å². The first-order valence-electron chi connectivity index (χ1n) is 8.71. The SMILES string of the molecule is COc1cc(C(=O)N2CCc3ncnc(N4CCOCC4)c3CC2)on1. The molecule has 26 heavy (non-hydrogen) atoms. The van der Waals surface area contributed by atoms with E-state index in [1.54, 1.807) is 11.2 Å². The van der Waals surface area contributed by atoms with Crippen LogP contribution in [0.1, 0.15) is 21.8 Å². The minimum atomic E-state index is -0.186. The Hall–Kier alpha value is -2.68. The number of anilines is 1. The smallest absolute Gasteiger partial charge is 0.292 e. The first-order chi connectivity index (χ1) is 12.8. The van der Waals surface area contributed by atoms with Crippen molar-refractivity contribution in [1.82, 2.24) is 20.0 Å². The van der Waals surface area contributed by atoms with Crippen LogP contribution >= 0.6 is 0 Å². The van der Waals surface area contributed by atoms with Gasteiger partial charge >= 0.3 is 0 Å². The molecule has 1 saturated heterocycles. The molecule has 2 aliphatic rings. The van der Waals surface area contributed by atoms with E-state index in [1.807, 2.05) is 0 Å². The molecule has 1 fully saturated rings. The Morgan fingerprint density at radius 2 is 1.96 bits per heavy atom. The van der Waals surface area contributed by atoms with Gasteiger partial charge in [-0.15, -0.1) is 0 Å². The van der Waals surface area contributed by atoms with Crippen LogP contribution in [0.5, 0.6) is 5.88 Å². The Balaban J connectivity index is 1.52. The normalized spacial score (nSPS) is 17.6. The number of carbonyl (C=O) groups is 1. The molecule has 0 unspecified atom stereocenters. The maximum atomic E-state index is 12.7. The van der Waals surface area contributed by atoms with Gasteiger partial charge in [-0.2, -0.15) is 0 Å². The van der Waals surface area contributed by atoms with Crippen molar-refractivity contribution in [2.45, 2.75) is 12.8 Å². The lowest BCUT2D eigenvalue weighted by Crippen LogP contribution is -2.37. The summed E-state index contributed by atoms with van der Waals surface area (Å²) in [5.41, 5.74) is 2.13. The topological polar surface area (TPSA) is 93.8 Å². The molecule has 0 aromatic carbocycles. The van der Waals surface area contributed by atoms with Gasteiger partial charge in [0.15, 0.2) is 0 Å². The Labute approximate surface area is 150 Å². The van der Waals surface area contributed by atoms with Crippen molar-refractivity contribution in [2.24, 2.45) is 0 Å². The second-order valence-corrected chi connectivity index (χ2v) is 6.25. The minimum Gasteiger partial charge on any atom is -0.479 e. The third kappa shape index (κ3) is 3.22. The lowest BCUT2D eigenvalue weighted by molar-refractivity contribution is 0.0720. The van der Waals surface area contributed by atoms with Gasteiger partial charge in [0, 0.05) is 38.2 Å². The van der Waals surface area contributed by atoms with Gasteiger partial charge in [0.2, 0.25) is 5.76 Å². The van der Waals surface area contributed by atoms with E-state index in [9.17, 15) is 4.79 Å². The highest BCUT2D eigenvalue weighted by molar-refractivity contribution is 5.91. The molecular formula is C17H21N5O4. The summed E-state index contributed by atoms with van der Waals surface area (Å²) < 4.78 is 15.5. The molecule has 4 rings (SSSR count). The Morgan fingerprint density at radius 3 is 2.73 bits per heavy atom. The summed E-state index contributed by atoms with van der Waals surface area (Å²) in [6.07, 6.45) is 3.01. The lowest BCUT2D eigenvalue weighted by Gasteiger charge is -2.29. The van der Waals surface area contributed by atoms with Crippen LogP contribution in [0.4, 0.5) is 5.82 Å². The predicted molar refractivity (Wildman–Crippen MR) is 91.4 cm³/mol. The van der Waals surface area contributed by atoms with Crippen LogP contribution in [-0.2, 0) is 17.6 Å². The summed E-state index contributed by atoms with van der Waals surface area (Å²) in [5, 5.41) is 3.70. The number of fused-ring (bicyclic) bond motifs is 1. The highest BCUT2D eigenvalue weighted by atomic mass is 16.5. The maximum absolute atomic E-state index is 12.7. The van der Waals surface area contributed by atoms with E-state index in [-0.39, 0.29) is 11.7 Å². The fourth-order valence-corrected chi connectivity index (χ4v) is 3.37. The second kappa shape index (κ2) is 7.28. The summed E-state index contributed by atoms with van der Waals surface area (Å²) in [6, 6.07) is 1.51. The molecule has 9 nitrogen and oxygen atoms in total. The van der Waals surface area contributed by atoms with E-state index < -0.39 is 0 Å². The molecule has 2 aromatic heterocycles. The zero-order valence-corrected chi connectivity index (χ0v) is 14.7. The van der Waals surface area contributed by atoms with E-state index in [0.29, 0.717) is 45.0 Å². The van der Waals surface area contributed by atoms with Gasteiger partial charge in [0.25, 0.3) is 11.8 Å². The van der Waals surface area contributed by atoms with Crippen molar-refractivity contribution in [3.8, 4) is 5.88 Å². The largest absolute Gasteiger partial charge is 0.479 e. The number of morpholine rings is 1. The number of hydrogen-bond acceptors (Lipinski definition) is 8. The van der Waals surface area contributed by atoms with Gasteiger partial charge in [-0.3, -0.25) is 4.79 Å². The van der Waals surface area contributed by atoms with E-state index in [1.165, 1.54) is 13.2 Å². The first-order valence-corrected chi connectivity index (χ1v) is 8.71. The molecule has 0 saturated carbocycles. The van der Waals surface area contributed by atoms with Crippen LogP contribution in [0.15, 0.2) is 16.9 Å².